The molecule has 0 atom stereocenters. The SMILES string of the molecule is Cc1nn(C)c(C)c1CNCc1cn[nH]c1-c1ccc2c(c1)OCCO2. The molecule has 0 fully saturated rings. The fourth-order valence-corrected chi connectivity index (χ4v) is 3.29. The van der Waals surface area contributed by atoms with E-state index in [1.807, 2.05) is 43.0 Å². The lowest BCUT2D eigenvalue weighted by atomic mass is 10.1. The van der Waals surface area contributed by atoms with Crippen molar-refractivity contribution in [2.24, 2.45) is 7.05 Å². The van der Waals surface area contributed by atoms with Crippen molar-refractivity contribution >= 4 is 0 Å². The Bertz CT molecular complexity index is 928. The molecule has 3 aromatic rings. The molecule has 7 nitrogen and oxygen atoms in total. The first kappa shape index (κ1) is 16.7. The van der Waals surface area contributed by atoms with Crippen molar-refractivity contribution in [3.05, 3.63) is 46.9 Å². The second-order valence-electron chi connectivity index (χ2n) is 6.51. The Morgan fingerprint density at radius 2 is 1.96 bits per heavy atom. The standard InChI is InChI=1S/C19H23N5O2/c1-12-16(13(2)24(3)23-12)11-20-9-15-10-21-22-19(15)14-4-5-17-18(8-14)26-7-6-25-17/h4-5,8,10,20H,6-7,9,11H2,1-3H3,(H,21,22). The molecule has 0 spiro atoms. The number of ether oxygens (including phenoxy) is 2. The molecule has 0 saturated heterocycles. The van der Waals surface area contributed by atoms with Crippen molar-refractivity contribution < 1.29 is 9.47 Å². The minimum Gasteiger partial charge on any atom is -0.486 e. The lowest BCUT2D eigenvalue weighted by Gasteiger charge is -2.18. The van der Waals surface area contributed by atoms with Crippen LogP contribution in [0.25, 0.3) is 11.3 Å². The summed E-state index contributed by atoms with van der Waals surface area (Å²) in [4.78, 5) is 0. The molecule has 1 aliphatic heterocycles. The van der Waals surface area contributed by atoms with Crippen molar-refractivity contribution in [2.45, 2.75) is 26.9 Å². The van der Waals surface area contributed by atoms with Gasteiger partial charge in [0.25, 0.3) is 0 Å². The number of hydrogen-bond acceptors (Lipinski definition) is 5. The van der Waals surface area contributed by atoms with Gasteiger partial charge in [-0.25, -0.2) is 0 Å². The molecule has 0 unspecified atom stereocenters. The molecule has 136 valence electrons. The summed E-state index contributed by atoms with van der Waals surface area (Å²) >= 11 is 0. The molecule has 0 amide bonds. The lowest BCUT2D eigenvalue weighted by Crippen LogP contribution is -2.15. The molecule has 0 saturated carbocycles. The van der Waals surface area contributed by atoms with Gasteiger partial charge in [0.2, 0.25) is 0 Å². The van der Waals surface area contributed by atoms with Crippen LogP contribution >= 0.6 is 0 Å². The van der Waals surface area contributed by atoms with Gasteiger partial charge in [-0.3, -0.25) is 9.78 Å². The zero-order chi connectivity index (χ0) is 18.1. The number of H-pyrrole nitrogens is 1. The van der Waals surface area contributed by atoms with Gasteiger partial charge < -0.3 is 14.8 Å². The summed E-state index contributed by atoms with van der Waals surface area (Å²) in [6, 6.07) is 5.98. The van der Waals surface area contributed by atoms with Crippen molar-refractivity contribution in [3.63, 3.8) is 0 Å². The third kappa shape index (κ3) is 3.06. The minimum atomic E-state index is 0.581. The maximum Gasteiger partial charge on any atom is 0.162 e. The van der Waals surface area contributed by atoms with Crippen LogP contribution in [-0.2, 0) is 20.1 Å². The maximum absolute atomic E-state index is 5.69. The highest BCUT2D eigenvalue weighted by molar-refractivity contribution is 5.66. The van der Waals surface area contributed by atoms with Crippen LogP contribution in [0.3, 0.4) is 0 Å². The van der Waals surface area contributed by atoms with Gasteiger partial charge in [-0.05, 0) is 32.0 Å². The molecule has 1 aliphatic rings. The smallest absolute Gasteiger partial charge is 0.162 e. The van der Waals surface area contributed by atoms with E-state index in [1.165, 1.54) is 11.3 Å². The monoisotopic (exact) mass is 353 g/mol. The Morgan fingerprint density at radius 3 is 2.73 bits per heavy atom. The summed E-state index contributed by atoms with van der Waals surface area (Å²) in [5.41, 5.74) is 6.65. The van der Waals surface area contributed by atoms with E-state index in [2.05, 4.69) is 27.5 Å². The number of aromatic nitrogens is 4. The molecule has 26 heavy (non-hydrogen) atoms. The van der Waals surface area contributed by atoms with Crippen LogP contribution in [0.4, 0.5) is 0 Å². The summed E-state index contributed by atoms with van der Waals surface area (Å²) in [6.45, 7) is 6.81. The summed E-state index contributed by atoms with van der Waals surface area (Å²) < 4.78 is 13.2. The predicted octanol–water partition coefficient (Wildman–Crippen LogP) is 2.49. The lowest BCUT2D eigenvalue weighted by molar-refractivity contribution is 0.171. The van der Waals surface area contributed by atoms with Crippen LogP contribution < -0.4 is 14.8 Å². The summed E-state index contributed by atoms with van der Waals surface area (Å²) in [7, 11) is 1.97. The summed E-state index contributed by atoms with van der Waals surface area (Å²) in [6.07, 6.45) is 1.86. The number of nitrogens with zero attached hydrogens (tertiary/aromatic N) is 3. The zero-order valence-corrected chi connectivity index (χ0v) is 15.3. The highest BCUT2D eigenvalue weighted by Crippen LogP contribution is 2.34. The highest BCUT2D eigenvalue weighted by Gasteiger charge is 2.15. The molecule has 4 rings (SSSR count). The quantitative estimate of drug-likeness (QED) is 0.737. The van der Waals surface area contributed by atoms with Crippen molar-refractivity contribution in [2.75, 3.05) is 13.2 Å². The number of hydrogen-bond donors (Lipinski definition) is 2. The first-order chi connectivity index (χ1) is 12.6. The van der Waals surface area contributed by atoms with Gasteiger partial charge in [0.1, 0.15) is 13.2 Å². The van der Waals surface area contributed by atoms with Gasteiger partial charge in [-0.15, -0.1) is 0 Å². The van der Waals surface area contributed by atoms with Crippen LogP contribution in [0.1, 0.15) is 22.5 Å². The fraction of sp³-hybridized carbons (Fsp3) is 0.368. The number of benzene rings is 1. The Hall–Kier alpha value is -2.80. The van der Waals surface area contributed by atoms with Gasteiger partial charge in [-0.2, -0.15) is 10.2 Å². The average molecular weight is 353 g/mol. The average Bonchev–Trinajstić information content (AvgIpc) is 3.21. The minimum absolute atomic E-state index is 0.581. The fourth-order valence-electron chi connectivity index (χ4n) is 3.29. The molecule has 3 heterocycles. The van der Waals surface area contributed by atoms with Crippen LogP contribution in [0.2, 0.25) is 0 Å². The first-order valence-electron chi connectivity index (χ1n) is 8.75. The molecule has 1 aromatic carbocycles. The molecule has 0 aliphatic carbocycles. The van der Waals surface area contributed by atoms with Gasteiger partial charge in [0.15, 0.2) is 11.5 Å². The first-order valence-corrected chi connectivity index (χ1v) is 8.75. The molecular formula is C19H23N5O2. The topological polar surface area (TPSA) is 77.0 Å². The summed E-state index contributed by atoms with van der Waals surface area (Å²) in [5.74, 6) is 1.57. The van der Waals surface area contributed by atoms with Crippen LogP contribution in [0.5, 0.6) is 11.5 Å². The Balaban J connectivity index is 1.49. The van der Waals surface area contributed by atoms with E-state index in [4.69, 9.17) is 9.47 Å². The van der Waals surface area contributed by atoms with E-state index in [9.17, 15) is 0 Å². The van der Waals surface area contributed by atoms with E-state index >= 15 is 0 Å². The van der Waals surface area contributed by atoms with E-state index < -0.39 is 0 Å². The second-order valence-corrected chi connectivity index (χ2v) is 6.51. The van der Waals surface area contributed by atoms with Crippen LogP contribution in [-0.4, -0.2) is 33.2 Å². The Kier molecular flexibility index (Phi) is 4.38. The molecule has 0 bridgehead atoms. The predicted molar refractivity (Wildman–Crippen MR) is 98.2 cm³/mol. The van der Waals surface area contributed by atoms with E-state index in [-0.39, 0.29) is 0 Å². The summed E-state index contributed by atoms with van der Waals surface area (Å²) in [5, 5.41) is 15.3. The molecular weight excluding hydrogens is 330 g/mol. The number of aromatic amines is 1. The van der Waals surface area contributed by atoms with Crippen LogP contribution in [0.15, 0.2) is 24.4 Å². The van der Waals surface area contributed by atoms with Gasteiger partial charge in [0, 0.05) is 42.5 Å². The normalized spacial score (nSPS) is 13.2. The van der Waals surface area contributed by atoms with Gasteiger partial charge >= 0.3 is 0 Å². The van der Waals surface area contributed by atoms with Gasteiger partial charge in [-0.1, -0.05) is 0 Å². The molecule has 7 heteroatoms. The highest BCUT2D eigenvalue weighted by atomic mass is 16.6. The molecule has 2 N–H and O–H groups in total. The third-order valence-electron chi connectivity index (χ3n) is 4.82. The van der Waals surface area contributed by atoms with Crippen molar-refractivity contribution in [3.8, 4) is 22.8 Å². The second kappa shape index (κ2) is 6.84. The zero-order valence-electron chi connectivity index (χ0n) is 15.3. The Morgan fingerprint density at radius 1 is 1.15 bits per heavy atom. The number of aryl methyl sites for hydroxylation is 2. The third-order valence-corrected chi connectivity index (χ3v) is 4.82. The van der Waals surface area contributed by atoms with E-state index in [0.29, 0.717) is 19.8 Å². The number of rotatable bonds is 5. The molecule has 0 radical (unpaired) electrons. The molecule has 2 aromatic heterocycles. The number of nitrogens with one attached hydrogen (secondary N) is 2. The van der Waals surface area contributed by atoms with Gasteiger partial charge in [0.05, 0.1) is 17.6 Å². The maximum atomic E-state index is 5.69. The van der Waals surface area contributed by atoms with Crippen LogP contribution in [0, 0.1) is 13.8 Å². The largest absolute Gasteiger partial charge is 0.486 e. The van der Waals surface area contributed by atoms with E-state index in [0.717, 1.165) is 40.6 Å². The Labute approximate surface area is 152 Å². The van der Waals surface area contributed by atoms with E-state index in [1.54, 1.807) is 0 Å². The number of fused-ring (bicyclic) bond motifs is 1. The van der Waals surface area contributed by atoms with Crippen molar-refractivity contribution in [1.82, 2.24) is 25.3 Å². The van der Waals surface area contributed by atoms with Crippen molar-refractivity contribution in [1.29, 1.82) is 0 Å².